The molecule has 0 aliphatic heterocycles. The van der Waals surface area contributed by atoms with Gasteiger partial charge in [-0.05, 0) is 43.5 Å². The summed E-state index contributed by atoms with van der Waals surface area (Å²) in [6.45, 7) is 7.48. The number of H-pyrrole nitrogens is 1. The number of esters is 1. The van der Waals surface area contributed by atoms with Gasteiger partial charge in [-0.1, -0.05) is 31.2 Å². The molecule has 1 aromatic carbocycles. The number of nitrogens with one attached hydrogen (secondary N) is 1. The average Bonchev–Trinajstić information content (AvgIpc) is 3.26. The number of carbonyl (C=O) groups excluding carboxylic acids is 2. The number of benzene rings is 1. The zero-order chi connectivity index (χ0) is 20.3. The largest absolute Gasteiger partial charge is 0.462 e. The van der Waals surface area contributed by atoms with Gasteiger partial charge in [-0.2, -0.15) is 4.80 Å². The van der Waals surface area contributed by atoms with Gasteiger partial charge < -0.3 is 9.72 Å². The van der Waals surface area contributed by atoms with E-state index in [9.17, 15) is 9.59 Å². The fourth-order valence-corrected chi connectivity index (χ4v) is 3.06. The molecular formula is C20H23N5O3. The molecule has 0 amide bonds. The van der Waals surface area contributed by atoms with Crippen LogP contribution < -0.4 is 0 Å². The first-order valence-electron chi connectivity index (χ1n) is 9.21. The van der Waals surface area contributed by atoms with Gasteiger partial charge in [0.1, 0.15) is 6.54 Å². The Kier molecular flexibility index (Phi) is 5.67. The fourth-order valence-electron chi connectivity index (χ4n) is 3.06. The van der Waals surface area contributed by atoms with Crippen molar-refractivity contribution in [2.45, 2.75) is 40.7 Å². The van der Waals surface area contributed by atoms with E-state index in [0.717, 1.165) is 12.0 Å². The topological polar surface area (TPSA) is 103 Å². The van der Waals surface area contributed by atoms with Gasteiger partial charge in [-0.15, -0.1) is 10.2 Å². The second-order valence-electron chi connectivity index (χ2n) is 6.46. The number of aryl methyl sites for hydroxylation is 2. The molecule has 0 saturated heterocycles. The van der Waals surface area contributed by atoms with Crippen molar-refractivity contribution in [1.82, 2.24) is 25.2 Å². The predicted molar refractivity (Wildman–Crippen MR) is 103 cm³/mol. The first-order chi connectivity index (χ1) is 13.4. The molecule has 0 saturated carbocycles. The van der Waals surface area contributed by atoms with Gasteiger partial charge in [0.25, 0.3) is 0 Å². The normalized spacial score (nSPS) is 10.9. The summed E-state index contributed by atoms with van der Waals surface area (Å²) in [7, 11) is 0. The lowest BCUT2D eigenvalue weighted by atomic mass is 10.1. The number of hydrogen-bond donors (Lipinski definition) is 1. The van der Waals surface area contributed by atoms with Gasteiger partial charge >= 0.3 is 5.97 Å². The molecule has 146 valence electrons. The molecule has 2 aromatic heterocycles. The van der Waals surface area contributed by atoms with Crippen LogP contribution in [0.15, 0.2) is 24.3 Å². The van der Waals surface area contributed by atoms with Crippen molar-refractivity contribution < 1.29 is 14.3 Å². The van der Waals surface area contributed by atoms with E-state index in [-0.39, 0.29) is 18.9 Å². The van der Waals surface area contributed by atoms with Crippen molar-refractivity contribution in [3.05, 3.63) is 52.3 Å². The first kappa shape index (κ1) is 19.5. The van der Waals surface area contributed by atoms with Crippen LogP contribution in [0.3, 0.4) is 0 Å². The van der Waals surface area contributed by atoms with Crippen molar-refractivity contribution in [2.75, 3.05) is 6.61 Å². The Morgan fingerprint density at radius 2 is 1.86 bits per heavy atom. The van der Waals surface area contributed by atoms with E-state index in [2.05, 4.69) is 27.3 Å². The molecule has 0 bridgehead atoms. The molecule has 0 atom stereocenters. The van der Waals surface area contributed by atoms with Gasteiger partial charge in [-0.25, -0.2) is 4.79 Å². The summed E-state index contributed by atoms with van der Waals surface area (Å²) in [6.07, 6.45) is 0.956. The Bertz CT molecular complexity index is 1000. The number of ketones is 1. The molecule has 0 aliphatic rings. The van der Waals surface area contributed by atoms with E-state index in [0.29, 0.717) is 28.3 Å². The molecule has 0 fully saturated rings. The Morgan fingerprint density at radius 3 is 2.50 bits per heavy atom. The molecule has 0 radical (unpaired) electrons. The quantitative estimate of drug-likeness (QED) is 0.499. The van der Waals surface area contributed by atoms with Crippen LogP contribution in [0.4, 0.5) is 0 Å². The molecule has 1 N–H and O–H groups in total. The van der Waals surface area contributed by atoms with Crippen LogP contribution in [0.25, 0.3) is 11.4 Å². The number of rotatable bonds is 7. The lowest BCUT2D eigenvalue weighted by molar-refractivity contribution is 0.0525. The summed E-state index contributed by atoms with van der Waals surface area (Å²) in [5, 5.41) is 12.3. The summed E-state index contributed by atoms with van der Waals surface area (Å²) in [5.74, 6) is -0.215. The highest BCUT2D eigenvalue weighted by Gasteiger charge is 2.23. The second-order valence-corrected chi connectivity index (χ2v) is 6.46. The summed E-state index contributed by atoms with van der Waals surface area (Å²) < 4.78 is 5.06. The average molecular weight is 381 g/mol. The Morgan fingerprint density at radius 1 is 1.14 bits per heavy atom. The second kappa shape index (κ2) is 8.16. The Balaban J connectivity index is 1.78. The van der Waals surface area contributed by atoms with Crippen LogP contribution >= 0.6 is 0 Å². The molecule has 28 heavy (non-hydrogen) atoms. The number of nitrogens with zero attached hydrogens (tertiary/aromatic N) is 4. The van der Waals surface area contributed by atoms with Crippen LogP contribution in [0.1, 0.15) is 51.5 Å². The van der Waals surface area contributed by atoms with E-state index in [4.69, 9.17) is 4.74 Å². The number of Topliss-reactive ketones (excluding diaryl/α,β-unsaturated/α-hetero) is 1. The number of tetrazole rings is 1. The molecule has 2 heterocycles. The monoisotopic (exact) mass is 381 g/mol. The van der Waals surface area contributed by atoms with E-state index in [1.807, 2.05) is 24.3 Å². The van der Waals surface area contributed by atoms with E-state index in [1.165, 1.54) is 10.4 Å². The Labute approximate surface area is 162 Å². The maximum atomic E-state index is 12.7. The molecular weight excluding hydrogens is 358 g/mol. The van der Waals surface area contributed by atoms with Crippen molar-refractivity contribution in [3.8, 4) is 11.4 Å². The third-order valence-electron chi connectivity index (χ3n) is 4.55. The minimum atomic E-state index is -0.440. The van der Waals surface area contributed by atoms with Gasteiger partial charge in [-0.3, -0.25) is 4.79 Å². The molecule has 8 nitrogen and oxygen atoms in total. The standard InChI is InChI=1S/C20H23N5O3/c1-5-14-7-9-15(10-8-14)19-22-24-25(23-19)11-16(26)18-12(3)17(13(4)21-18)20(27)28-6-2/h7-10,21H,5-6,11H2,1-4H3. The maximum absolute atomic E-state index is 12.7. The van der Waals surface area contributed by atoms with Crippen LogP contribution in [0.5, 0.6) is 0 Å². The van der Waals surface area contributed by atoms with Crippen LogP contribution in [-0.2, 0) is 17.7 Å². The highest BCUT2D eigenvalue weighted by molar-refractivity contribution is 6.01. The lowest BCUT2D eigenvalue weighted by Gasteiger charge is -2.02. The van der Waals surface area contributed by atoms with Crippen LogP contribution in [0, 0.1) is 13.8 Å². The highest BCUT2D eigenvalue weighted by Crippen LogP contribution is 2.20. The number of hydrogen-bond acceptors (Lipinski definition) is 6. The van der Waals surface area contributed by atoms with Crippen molar-refractivity contribution >= 4 is 11.8 Å². The number of ether oxygens (including phenoxy) is 1. The minimum Gasteiger partial charge on any atom is -0.462 e. The predicted octanol–water partition coefficient (Wildman–Crippen LogP) is 2.91. The maximum Gasteiger partial charge on any atom is 0.340 e. The number of aromatic nitrogens is 5. The van der Waals surface area contributed by atoms with E-state index >= 15 is 0 Å². The van der Waals surface area contributed by atoms with Crippen LogP contribution in [0.2, 0.25) is 0 Å². The fraction of sp³-hybridized carbons (Fsp3) is 0.350. The minimum absolute atomic E-state index is 0.0803. The summed E-state index contributed by atoms with van der Waals surface area (Å²) >= 11 is 0. The summed E-state index contributed by atoms with van der Waals surface area (Å²) in [4.78, 5) is 29.0. The van der Waals surface area contributed by atoms with Gasteiger partial charge in [0.2, 0.25) is 11.6 Å². The van der Waals surface area contributed by atoms with Crippen LogP contribution in [-0.4, -0.2) is 43.6 Å². The third kappa shape index (κ3) is 3.85. The molecule has 0 unspecified atom stereocenters. The summed E-state index contributed by atoms with van der Waals surface area (Å²) in [6, 6.07) is 7.91. The molecule has 8 heteroatoms. The third-order valence-corrected chi connectivity index (χ3v) is 4.55. The summed E-state index contributed by atoms with van der Waals surface area (Å²) in [5.41, 5.74) is 3.98. The Hall–Kier alpha value is -3.29. The van der Waals surface area contributed by atoms with Crippen molar-refractivity contribution in [1.29, 1.82) is 0 Å². The molecule has 3 rings (SSSR count). The SMILES string of the molecule is CCOC(=O)c1c(C)[nH]c(C(=O)Cn2nnc(-c3ccc(CC)cc3)n2)c1C. The molecule has 0 spiro atoms. The van der Waals surface area contributed by atoms with Gasteiger partial charge in [0.05, 0.1) is 17.9 Å². The zero-order valence-electron chi connectivity index (χ0n) is 16.4. The van der Waals surface area contributed by atoms with E-state index in [1.54, 1.807) is 20.8 Å². The van der Waals surface area contributed by atoms with Crippen molar-refractivity contribution in [3.63, 3.8) is 0 Å². The molecule has 3 aromatic rings. The first-order valence-corrected chi connectivity index (χ1v) is 9.21. The number of carbonyl (C=O) groups is 2. The highest BCUT2D eigenvalue weighted by atomic mass is 16.5. The van der Waals surface area contributed by atoms with Gasteiger partial charge in [0.15, 0.2) is 0 Å². The van der Waals surface area contributed by atoms with E-state index < -0.39 is 5.97 Å². The zero-order valence-corrected chi connectivity index (χ0v) is 16.4. The number of aromatic amines is 1. The lowest BCUT2D eigenvalue weighted by Crippen LogP contribution is -2.15. The van der Waals surface area contributed by atoms with Crippen molar-refractivity contribution in [2.24, 2.45) is 0 Å². The van der Waals surface area contributed by atoms with Gasteiger partial charge in [0, 0.05) is 11.3 Å². The molecule has 0 aliphatic carbocycles. The smallest absolute Gasteiger partial charge is 0.340 e.